The van der Waals surface area contributed by atoms with E-state index in [4.69, 9.17) is 0 Å². The molecule has 2 aliphatic rings. The van der Waals surface area contributed by atoms with E-state index in [0.29, 0.717) is 24.2 Å². The lowest BCUT2D eigenvalue weighted by atomic mass is 10.0. The van der Waals surface area contributed by atoms with E-state index in [1.54, 1.807) is 24.3 Å². The van der Waals surface area contributed by atoms with E-state index in [9.17, 15) is 24.6 Å². The third-order valence-electron chi connectivity index (χ3n) is 8.01. The number of aliphatic hydroxyl groups is 2. The fourth-order valence-electron chi connectivity index (χ4n) is 5.43. The average molecular weight is 551 g/mol. The molecule has 9 nitrogen and oxygen atoms in total. The van der Waals surface area contributed by atoms with Crippen LogP contribution in [0.4, 0.5) is 0 Å². The number of Topliss-reactive ketones (excluding diaryl/α,β-unsaturated/α-hetero) is 1. The number of aliphatic hydroxyl groups excluding tert-OH is 2. The molecule has 2 aromatic carbocycles. The Balaban J connectivity index is 1.08. The van der Waals surface area contributed by atoms with Crippen LogP contribution in [0.25, 0.3) is 0 Å². The quantitative estimate of drug-likeness (QED) is 0.318. The molecule has 2 saturated heterocycles. The molecule has 2 amide bonds. The van der Waals surface area contributed by atoms with Crippen molar-refractivity contribution in [1.29, 1.82) is 0 Å². The Kier molecular flexibility index (Phi) is 11.2. The summed E-state index contributed by atoms with van der Waals surface area (Å²) in [4.78, 5) is 41.7. The minimum absolute atomic E-state index is 0.0618. The summed E-state index contributed by atoms with van der Waals surface area (Å²) < 4.78 is 0. The maximum Gasteiger partial charge on any atom is 0.251 e. The zero-order chi connectivity index (χ0) is 28.3. The summed E-state index contributed by atoms with van der Waals surface area (Å²) in [6.07, 6.45) is 1.45. The molecule has 0 saturated carbocycles. The van der Waals surface area contributed by atoms with Crippen molar-refractivity contribution < 1.29 is 24.6 Å². The molecule has 0 aromatic heterocycles. The van der Waals surface area contributed by atoms with Gasteiger partial charge in [-0.1, -0.05) is 36.4 Å². The van der Waals surface area contributed by atoms with Crippen LogP contribution < -0.4 is 10.6 Å². The first kappa shape index (κ1) is 29.9. The van der Waals surface area contributed by atoms with Gasteiger partial charge in [0.2, 0.25) is 0 Å². The number of nitrogens with one attached hydrogen (secondary N) is 2. The third-order valence-corrected chi connectivity index (χ3v) is 8.01. The van der Waals surface area contributed by atoms with Crippen LogP contribution in [-0.4, -0.2) is 101 Å². The zero-order valence-corrected chi connectivity index (χ0v) is 23.1. The molecule has 4 rings (SSSR count). The lowest BCUT2D eigenvalue weighted by Crippen LogP contribution is -2.46. The molecule has 2 aromatic rings. The van der Waals surface area contributed by atoms with Crippen LogP contribution in [0.2, 0.25) is 0 Å². The Morgan fingerprint density at radius 3 is 1.35 bits per heavy atom. The van der Waals surface area contributed by atoms with Gasteiger partial charge in [0.25, 0.3) is 11.8 Å². The van der Waals surface area contributed by atoms with E-state index in [0.717, 1.165) is 51.9 Å². The van der Waals surface area contributed by atoms with Crippen LogP contribution in [0, 0.1) is 0 Å². The minimum atomic E-state index is -1.19. The number of hydrogen-bond donors (Lipinski definition) is 4. The number of hydrogen-bond acceptors (Lipinski definition) is 7. The summed E-state index contributed by atoms with van der Waals surface area (Å²) in [5.41, 5.74) is 1.31. The van der Waals surface area contributed by atoms with Crippen LogP contribution in [0.15, 0.2) is 60.7 Å². The number of carbonyl (C=O) groups excluding carboxylic acids is 3. The van der Waals surface area contributed by atoms with Gasteiger partial charge in [0, 0.05) is 62.5 Å². The van der Waals surface area contributed by atoms with Gasteiger partial charge in [-0.05, 0) is 62.8 Å². The van der Waals surface area contributed by atoms with Crippen molar-refractivity contribution in [2.45, 2.75) is 62.8 Å². The Morgan fingerprint density at radius 1 is 0.650 bits per heavy atom. The zero-order valence-electron chi connectivity index (χ0n) is 23.1. The van der Waals surface area contributed by atoms with Crippen molar-refractivity contribution in [3.63, 3.8) is 0 Å². The second-order valence-electron chi connectivity index (χ2n) is 10.9. The van der Waals surface area contributed by atoms with Gasteiger partial charge in [-0.2, -0.15) is 0 Å². The second kappa shape index (κ2) is 15.0. The topological polar surface area (TPSA) is 122 Å². The summed E-state index contributed by atoms with van der Waals surface area (Å²) in [6.45, 7) is 4.27. The molecule has 2 unspecified atom stereocenters. The van der Waals surface area contributed by atoms with E-state index in [2.05, 4.69) is 20.4 Å². The fourth-order valence-corrected chi connectivity index (χ4v) is 5.43. The summed E-state index contributed by atoms with van der Waals surface area (Å²) in [6, 6.07) is 18.6. The monoisotopic (exact) mass is 550 g/mol. The van der Waals surface area contributed by atoms with Crippen molar-refractivity contribution in [3.8, 4) is 0 Å². The Labute approximate surface area is 236 Å². The highest BCUT2D eigenvalue weighted by Gasteiger charge is 2.27. The molecule has 2 fully saturated rings. The number of benzene rings is 2. The first-order valence-corrected chi connectivity index (χ1v) is 14.5. The van der Waals surface area contributed by atoms with E-state index in [1.807, 2.05) is 36.4 Å². The molecule has 2 atom stereocenters. The molecule has 2 heterocycles. The Hall–Kier alpha value is -3.11. The van der Waals surface area contributed by atoms with Gasteiger partial charge in [0.1, 0.15) is 12.2 Å². The molecule has 40 heavy (non-hydrogen) atoms. The number of carbonyl (C=O) groups is 3. The molecule has 0 bridgehead atoms. The minimum Gasteiger partial charge on any atom is -0.385 e. The van der Waals surface area contributed by atoms with E-state index in [1.165, 1.54) is 0 Å². The van der Waals surface area contributed by atoms with Gasteiger partial charge in [-0.25, -0.2) is 0 Å². The number of amides is 2. The van der Waals surface area contributed by atoms with E-state index >= 15 is 0 Å². The maximum atomic E-state index is 12.6. The molecular formula is C31H42N4O5. The van der Waals surface area contributed by atoms with Gasteiger partial charge < -0.3 is 30.6 Å². The van der Waals surface area contributed by atoms with Crippen molar-refractivity contribution >= 4 is 17.6 Å². The highest BCUT2D eigenvalue weighted by atomic mass is 16.3. The van der Waals surface area contributed by atoms with E-state index < -0.39 is 18.0 Å². The lowest BCUT2D eigenvalue weighted by molar-refractivity contribution is -0.136. The lowest BCUT2D eigenvalue weighted by Gasteiger charge is -2.33. The SMILES string of the molecule is O=C(NC1CCN(CCC(O)C(=O)C(O)CCN2CCC(NC(=O)c3ccccc3)CC2)CC1)c1ccccc1. The second-order valence-corrected chi connectivity index (χ2v) is 10.9. The standard InChI is InChI=1S/C31H42N4O5/c36-27(15-21-34-17-11-25(12-18-34)32-30(39)23-7-3-1-4-8-23)29(38)28(37)16-22-35-19-13-26(14-20-35)33-31(40)24-9-5-2-6-10-24/h1-10,25-28,36-37H,11-22H2,(H,32,39)(H,33,40). The van der Waals surface area contributed by atoms with Crippen LogP contribution in [-0.2, 0) is 4.79 Å². The van der Waals surface area contributed by atoms with E-state index in [-0.39, 0.29) is 36.7 Å². The van der Waals surface area contributed by atoms with Gasteiger partial charge in [0.15, 0.2) is 5.78 Å². The predicted octanol–water partition coefficient (Wildman–Crippen LogP) is 1.85. The number of piperidine rings is 2. The molecule has 2 aliphatic heterocycles. The highest BCUT2D eigenvalue weighted by Crippen LogP contribution is 2.15. The summed E-state index contributed by atoms with van der Waals surface area (Å²) in [5, 5.41) is 27.0. The summed E-state index contributed by atoms with van der Waals surface area (Å²) >= 11 is 0. The first-order valence-electron chi connectivity index (χ1n) is 14.5. The predicted molar refractivity (Wildman–Crippen MR) is 153 cm³/mol. The normalized spacial score (nSPS) is 19.1. The molecule has 0 radical (unpaired) electrons. The third kappa shape index (κ3) is 8.96. The van der Waals surface area contributed by atoms with Gasteiger partial charge in [-0.15, -0.1) is 0 Å². The average Bonchev–Trinajstić information content (AvgIpc) is 3.00. The number of likely N-dealkylation sites (tertiary alicyclic amines) is 2. The first-order chi connectivity index (χ1) is 19.4. The van der Waals surface area contributed by atoms with Crippen molar-refractivity contribution in [3.05, 3.63) is 71.8 Å². The fraction of sp³-hybridized carbons (Fsp3) is 0.516. The maximum absolute atomic E-state index is 12.6. The summed E-state index contributed by atoms with van der Waals surface area (Å²) in [7, 11) is 0. The van der Waals surface area contributed by atoms with Crippen LogP contribution in [0.1, 0.15) is 59.2 Å². The molecule has 0 spiro atoms. The molecule has 9 heteroatoms. The smallest absolute Gasteiger partial charge is 0.251 e. The summed E-state index contributed by atoms with van der Waals surface area (Å²) in [5.74, 6) is -0.642. The largest absolute Gasteiger partial charge is 0.385 e. The molecule has 4 N–H and O–H groups in total. The Bertz CT molecular complexity index is 998. The van der Waals surface area contributed by atoms with Crippen molar-refractivity contribution in [2.24, 2.45) is 0 Å². The van der Waals surface area contributed by atoms with Gasteiger partial charge in [-0.3, -0.25) is 14.4 Å². The van der Waals surface area contributed by atoms with Crippen LogP contribution in [0.5, 0.6) is 0 Å². The Morgan fingerprint density at radius 2 is 1.00 bits per heavy atom. The molecule has 216 valence electrons. The highest BCUT2D eigenvalue weighted by molar-refractivity contribution is 5.94. The molecular weight excluding hydrogens is 508 g/mol. The van der Waals surface area contributed by atoms with Crippen molar-refractivity contribution in [2.75, 3.05) is 39.3 Å². The van der Waals surface area contributed by atoms with Gasteiger partial charge >= 0.3 is 0 Å². The molecule has 0 aliphatic carbocycles. The number of nitrogens with zero attached hydrogens (tertiary/aromatic N) is 2. The van der Waals surface area contributed by atoms with Crippen LogP contribution in [0.3, 0.4) is 0 Å². The number of ketones is 1. The van der Waals surface area contributed by atoms with Crippen LogP contribution >= 0.6 is 0 Å². The number of rotatable bonds is 12. The van der Waals surface area contributed by atoms with Gasteiger partial charge in [0.05, 0.1) is 0 Å². The van der Waals surface area contributed by atoms with Crippen molar-refractivity contribution in [1.82, 2.24) is 20.4 Å².